The van der Waals surface area contributed by atoms with E-state index in [1.807, 2.05) is 19.1 Å². The van der Waals surface area contributed by atoms with Crippen molar-refractivity contribution in [1.29, 1.82) is 0 Å². The van der Waals surface area contributed by atoms with Crippen LogP contribution in [0.25, 0.3) is 0 Å². The molecule has 118 valence electrons. The molecule has 1 aliphatic heterocycles. The molecule has 4 nitrogen and oxygen atoms in total. The molecule has 0 atom stereocenters. The van der Waals surface area contributed by atoms with Crippen LogP contribution in [-0.2, 0) is 10.0 Å². The highest BCUT2D eigenvalue weighted by Gasteiger charge is 2.29. The zero-order valence-electron chi connectivity index (χ0n) is 12.8. The van der Waals surface area contributed by atoms with Crippen LogP contribution >= 0.6 is 15.9 Å². The van der Waals surface area contributed by atoms with E-state index in [1.165, 1.54) is 0 Å². The lowest BCUT2D eigenvalue weighted by atomic mass is 10.2. The van der Waals surface area contributed by atoms with Crippen molar-refractivity contribution in [2.75, 3.05) is 32.7 Å². The Balaban J connectivity index is 2.13. The fourth-order valence-corrected chi connectivity index (χ4v) is 4.85. The maximum Gasteiger partial charge on any atom is 0.243 e. The third-order valence-electron chi connectivity index (χ3n) is 3.72. The first-order valence-electron chi connectivity index (χ1n) is 7.29. The number of hydrogen-bond acceptors (Lipinski definition) is 3. The molecule has 1 fully saturated rings. The molecule has 1 aromatic rings. The summed E-state index contributed by atoms with van der Waals surface area (Å²) in [5, 5.41) is 0. The van der Waals surface area contributed by atoms with Gasteiger partial charge < -0.3 is 4.90 Å². The predicted molar refractivity (Wildman–Crippen MR) is 88.9 cm³/mol. The Labute approximate surface area is 136 Å². The van der Waals surface area contributed by atoms with Crippen molar-refractivity contribution in [3.63, 3.8) is 0 Å². The first-order chi connectivity index (χ1) is 9.80. The van der Waals surface area contributed by atoms with Gasteiger partial charge in [-0.2, -0.15) is 4.31 Å². The average molecular weight is 375 g/mol. The smallest absolute Gasteiger partial charge is 0.243 e. The van der Waals surface area contributed by atoms with Crippen LogP contribution in [0.3, 0.4) is 0 Å². The number of halogens is 1. The summed E-state index contributed by atoms with van der Waals surface area (Å²) in [6, 6.07) is 5.41. The summed E-state index contributed by atoms with van der Waals surface area (Å²) < 4.78 is 28.0. The molecule has 2 rings (SSSR count). The first kappa shape index (κ1) is 16.9. The van der Waals surface area contributed by atoms with Crippen LogP contribution < -0.4 is 0 Å². The minimum atomic E-state index is -3.39. The van der Waals surface area contributed by atoms with Crippen molar-refractivity contribution >= 4 is 26.0 Å². The molecule has 0 amide bonds. The maximum absolute atomic E-state index is 12.8. The van der Waals surface area contributed by atoms with E-state index in [1.54, 1.807) is 10.4 Å². The molecule has 1 heterocycles. The van der Waals surface area contributed by atoms with Crippen molar-refractivity contribution in [2.45, 2.75) is 25.7 Å². The summed E-state index contributed by atoms with van der Waals surface area (Å²) in [5.41, 5.74) is 0.794. The molecule has 0 aliphatic carbocycles. The molecule has 1 saturated heterocycles. The van der Waals surface area contributed by atoms with Crippen LogP contribution in [0.5, 0.6) is 0 Å². The maximum atomic E-state index is 12.8. The molecule has 0 bridgehead atoms. The lowest BCUT2D eigenvalue weighted by Gasteiger charge is -2.35. The second-order valence-electron chi connectivity index (χ2n) is 6.01. The van der Waals surface area contributed by atoms with Gasteiger partial charge in [-0.3, -0.25) is 0 Å². The highest BCUT2D eigenvalue weighted by molar-refractivity contribution is 9.10. The van der Waals surface area contributed by atoms with Gasteiger partial charge in [-0.15, -0.1) is 0 Å². The van der Waals surface area contributed by atoms with Crippen molar-refractivity contribution < 1.29 is 8.42 Å². The Morgan fingerprint density at radius 2 is 1.81 bits per heavy atom. The van der Waals surface area contributed by atoms with E-state index in [4.69, 9.17) is 0 Å². The van der Waals surface area contributed by atoms with Crippen LogP contribution in [0.4, 0.5) is 0 Å². The van der Waals surface area contributed by atoms with E-state index in [2.05, 4.69) is 34.7 Å². The van der Waals surface area contributed by atoms with Crippen molar-refractivity contribution in [2.24, 2.45) is 5.92 Å². The van der Waals surface area contributed by atoms with Gasteiger partial charge in [-0.1, -0.05) is 35.8 Å². The van der Waals surface area contributed by atoms with Gasteiger partial charge >= 0.3 is 0 Å². The zero-order valence-corrected chi connectivity index (χ0v) is 15.2. The summed E-state index contributed by atoms with van der Waals surface area (Å²) in [6.45, 7) is 10.0. The molecule has 0 spiro atoms. The molecule has 6 heteroatoms. The number of benzene rings is 1. The van der Waals surface area contributed by atoms with Gasteiger partial charge in [0.05, 0.1) is 4.90 Å². The van der Waals surface area contributed by atoms with E-state index in [9.17, 15) is 8.42 Å². The van der Waals surface area contributed by atoms with Gasteiger partial charge in [0.25, 0.3) is 0 Å². The number of hydrogen-bond donors (Lipinski definition) is 0. The predicted octanol–water partition coefficient (Wildman–Crippen LogP) is 2.72. The Kier molecular flexibility index (Phi) is 5.46. The van der Waals surface area contributed by atoms with E-state index < -0.39 is 10.0 Å². The number of piperazine rings is 1. The number of aryl methyl sites for hydroxylation is 1. The number of rotatable bonds is 4. The minimum Gasteiger partial charge on any atom is -0.300 e. The Hall–Kier alpha value is -0.430. The highest BCUT2D eigenvalue weighted by atomic mass is 79.9. The number of nitrogens with zero attached hydrogens (tertiary/aromatic N) is 2. The standard InChI is InChI=1S/C15H23BrN2O2S/c1-12(2)11-17-6-8-18(9-7-17)21(19,20)15-10-14(16)5-4-13(15)3/h4-5,10,12H,6-9,11H2,1-3H3. The van der Waals surface area contributed by atoms with E-state index in [-0.39, 0.29) is 0 Å². The largest absolute Gasteiger partial charge is 0.300 e. The average Bonchev–Trinajstić information content (AvgIpc) is 2.41. The Bertz CT molecular complexity index is 594. The molecule has 0 saturated carbocycles. The van der Waals surface area contributed by atoms with Gasteiger partial charge in [0.15, 0.2) is 0 Å². The first-order valence-corrected chi connectivity index (χ1v) is 9.52. The van der Waals surface area contributed by atoms with Crippen LogP contribution in [0.2, 0.25) is 0 Å². The van der Waals surface area contributed by atoms with E-state index in [0.717, 1.165) is 29.7 Å². The zero-order chi connectivity index (χ0) is 15.6. The molecule has 1 aliphatic rings. The fraction of sp³-hybridized carbons (Fsp3) is 0.600. The van der Waals surface area contributed by atoms with Crippen LogP contribution in [0.15, 0.2) is 27.6 Å². The van der Waals surface area contributed by atoms with Gasteiger partial charge in [0, 0.05) is 37.2 Å². The van der Waals surface area contributed by atoms with Gasteiger partial charge in [0.1, 0.15) is 0 Å². The van der Waals surface area contributed by atoms with Gasteiger partial charge in [0.2, 0.25) is 10.0 Å². The molecular weight excluding hydrogens is 352 g/mol. The summed E-state index contributed by atoms with van der Waals surface area (Å²) in [6.07, 6.45) is 0. The molecule has 1 aromatic carbocycles. The molecule has 0 unspecified atom stereocenters. The fourth-order valence-electron chi connectivity index (χ4n) is 2.66. The molecule has 0 N–H and O–H groups in total. The SMILES string of the molecule is Cc1ccc(Br)cc1S(=O)(=O)N1CCN(CC(C)C)CC1. The lowest BCUT2D eigenvalue weighted by Crippen LogP contribution is -2.49. The normalized spacial score (nSPS) is 18.3. The summed E-state index contributed by atoms with van der Waals surface area (Å²) in [5.74, 6) is 0.612. The lowest BCUT2D eigenvalue weighted by molar-refractivity contribution is 0.172. The van der Waals surface area contributed by atoms with E-state index >= 15 is 0 Å². The third-order valence-corrected chi connectivity index (χ3v) is 6.26. The molecule has 0 aromatic heterocycles. The molecular formula is C15H23BrN2O2S. The quantitative estimate of drug-likeness (QED) is 0.813. The van der Waals surface area contributed by atoms with Crippen LogP contribution in [0, 0.1) is 12.8 Å². The summed E-state index contributed by atoms with van der Waals surface area (Å²) in [7, 11) is -3.39. The second kappa shape index (κ2) is 6.77. The summed E-state index contributed by atoms with van der Waals surface area (Å²) in [4.78, 5) is 2.75. The van der Waals surface area contributed by atoms with Gasteiger partial charge in [-0.25, -0.2) is 8.42 Å². The van der Waals surface area contributed by atoms with E-state index in [0.29, 0.717) is 23.9 Å². The van der Waals surface area contributed by atoms with Gasteiger partial charge in [-0.05, 0) is 30.5 Å². The second-order valence-corrected chi connectivity index (χ2v) is 8.83. The molecule has 0 radical (unpaired) electrons. The topological polar surface area (TPSA) is 40.6 Å². The number of sulfonamides is 1. The van der Waals surface area contributed by atoms with Crippen molar-refractivity contribution in [1.82, 2.24) is 9.21 Å². The Morgan fingerprint density at radius 3 is 2.38 bits per heavy atom. The monoisotopic (exact) mass is 374 g/mol. The third kappa shape index (κ3) is 4.06. The van der Waals surface area contributed by atoms with Crippen LogP contribution in [0.1, 0.15) is 19.4 Å². The summed E-state index contributed by atoms with van der Waals surface area (Å²) >= 11 is 3.36. The van der Waals surface area contributed by atoms with Crippen molar-refractivity contribution in [3.05, 3.63) is 28.2 Å². The Morgan fingerprint density at radius 1 is 1.19 bits per heavy atom. The highest BCUT2D eigenvalue weighted by Crippen LogP contribution is 2.24. The van der Waals surface area contributed by atoms with Crippen molar-refractivity contribution in [3.8, 4) is 0 Å². The van der Waals surface area contributed by atoms with Crippen LogP contribution in [-0.4, -0.2) is 50.3 Å². The molecule has 21 heavy (non-hydrogen) atoms. The minimum absolute atomic E-state index is 0.411.